The molecule has 5 aromatic carbocycles. The van der Waals surface area contributed by atoms with Crippen molar-refractivity contribution < 1.29 is 73.7 Å². The number of ether oxygens (including phenoxy) is 2. The smallest absolute Gasteiger partial charge is 0.248 e. The standard InChI is InChI=1S/C58H60ClN9O15/c1-62-55(78)46-32-19-37(70)47(63-21-33-27-11-22-10-23(13-27)14-28(33)12-22)52(75)42(32)31-15-25(4-8-36(31)69)44-56(79)68-48(58(81)67-46)50(73)24-2-6-30(7-3-24)82-39-17-29-18-40(51(39)74)83-38-9-5-26(16-34(38)59)49(72)43(61)54(77)64-35(20-41(60)71)53(76)65-45(29)57(80)66-44/h2-9,15-19,22-23,27-28,33,35,43-46,48-50,63,69-70,72-75H,10-14,20-21,61H2,1H3,(H2,60,71)(H,62,78)(H,64,77)(H,65,76)(H,66,80)(H,67,81)(H,68,79)/t22?,23?,27?,28?,33?,35-,43+,44+,45+,46-,48-,49+,50+/m0/s1. The third-order valence-corrected chi connectivity index (χ3v) is 17.3. The zero-order valence-corrected chi connectivity index (χ0v) is 45.1. The molecule has 0 saturated heterocycles. The van der Waals surface area contributed by atoms with E-state index in [-0.39, 0.29) is 67.1 Å². The van der Waals surface area contributed by atoms with Crippen molar-refractivity contribution >= 4 is 58.6 Å². The van der Waals surface area contributed by atoms with Crippen molar-refractivity contribution in [2.75, 3.05) is 18.9 Å². The Morgan fingerprint density at radius 1 is 0.639 bits per heavy atom. The van der Waals surface area contributed by atoms with Crippen LogP contribution in [0.1, 0.15) is 96.7 Å². The Hall–Kier alpha value is -8.84. The minimum absolute atomic E-state index is 0.00812. The van der Waals surface area contributed by atoms with Gasteiger partial charge in [0, 0.05) is 24.7 Å². The van der Waals surface area contributed by atoms with Crippen molar-refractivity contribution in [1.82, 2.24) is 31.9 Å². The number of likely N-dealkylation sites (N-methyl/N-ethyl adjacent to an activating group) is 1. The number of carbonyl (C=O) groups excluding carboxylic acids is 7. The fourth-order valence-corrected chi connectivity index (χ4v) is 13.3. The Balaban J connectivity index is 1.09. The topological polar surface area (TPSA) is 396 Å². The van der Waals surface area contributed by atoms with Crippen LogP contribution in [0.25, 0.3) is 11.1 Å². The number of fused-ring (bicyclic) bond motifs is 15. The Morgan fingerprint density at radius 2 is 1.27 bits per heavy atom. The first-order valence-corrected chi connectivity index (χ1v) is 27.4. The maximum Gasteiger partial charge on any atom is 0.248 e. The molecule has 17 N–H and O–H groups in total. The number of aliphatic hydroxyl groups is 2. The Bertz CT molecular complexity index is 3480. The molecule has 7 amide bonds. The molecule has 9 aliphatic rings. The summed E-state index contributed by atoms with van der Waals surface area (Å²) in [5.74, 6) is -9.11. The van der Waals surface area contributed by atoms with Crippen LogP contribution in [0.3, 0.4) is 0 Å². The SMILES string of the molecule is CNC(=O)[C@H]1NC(=O)[C@H]2NC(=O)[C@H](NC(=O)[C@@H]3NC(=O)[C@H](CC(N)=O)NC(=O)[C@H](N)[C@H](O)c4ccc(c(Cl)c4)Oc4cc3cc(c4O)Oc3ccc(cc3)[C@H]2O)c2ccc(O)c(c2)-c2c1cc(O)c(NCC1C3CC4CC(C3)CC1C4)c2O. The van der Waals surface area contributed by atoms with Crippen LogP contribution in [0, 0.1) is 29.6 Å². The zero-order chi connectivity index (χ0) is 58.9. The summed E-state index contributed by atoms with van der Waals surface area (Å²) in [6, 6.07) is 4.52. The first-order chi connectivity index (χ1) is 39.6. The number of aromatic hydroxyl groups is 4. The van der Waals surface area contributed by atoms with Crippen LogP contribution in [0.5, 0.6) is 46.0 Å². The lowest BCUT2D eigenvalue weighted by molar-refractivity contribution is -0.137. The highest BCUT2D eigenvalue weighted by Crippen LogP contribution is 2.57. The molecule has 4 fully saturated rings. The summed E-state index contributed by atoms with van der Waals surface area (Å²) >= 11 is 6.66. The molecule has 15 bridgehead atoms. The Kier molecular flexibility index (Phi) is 15.0. The number of phenolic OH excluding ortho intramolecular Hbond substituents is 4. The number of rotatable bonds is 6. The van der Waals surface area contributed by atoms with E-state index in [4.69, 9.17) is 32.5 Å². The molecule has 83 heavy (non-hydrogen) atoms. The van der Waals surface area contributed by atoms with E-state index in [9.17, 15) is 54.6 Å². The molecule has 0 spiro atoms. The van der Waals surface area contributed by atoms with Gasteiger partial charge >= 0.3 is 0 Å². The summed E-state index contributed by atoms with van der Waals surface area (Å²) in [5, 5.41) is 89.6. The molecular weight excluding hydrogens is 1100 g/mol. The lowest BCUT2D eigenvalue weighted by Gasteiger charge is -2.54. The fraction of sp³-hybridized carbons (Fsp3) is 0.362. The van der Waals surface area contributed by atoms with Gasteiger partial charge in [0.25, 0.3) is 0 Å². The molecule has 14 rings (SSSR count). The fourth-order valence-electron chi connectivity index (χ4n) is 13.0. The molecule has 4 aliphatic carbocycles. The van der Waals surface area contributed by atoms with Gasteiger partial charge in [0.15, 0.2) is 17.2 Å². The quantitative estimate of drug-likeness (QED) is 0.109. The van der Waals surface area contributed by atoms with Crippen molar-refractivity contribution in [3.05, 3.63) is 112 Å². The summed E-state index contributed by atoms with van der Waals surface area (Å²) in [7, 11) is 1.27. The lowest BCUT2D eigenvalue weighted by Crippen LogP contribution is -2.56. The Labute approximate surface area is 478 Å². The van der Waals surface area contributed by atoms with Crippen molar-refractivity contribution in [3.8, 4) is 57.1 Å². The average molecular weight is 1160 g/mol. The van der Waals surface area contributed by atoms with Crippen molar-refractivity contribution in [2.24, 2.45) is 41.1 Å². The maximum absolute atomic E-state index is 15.5. The second-order valence-corrected chi connectivity index (χ2v) is 22.6. The molecule has 0 aromatic heterocycles. The zero-order valence-electron chi connectivity index (χ0n) is 44.4. The van der Waals surface area contributed by atoms with E-state index in [0.29, 0.717) is 30.2 Å². The van der Waals surface area contributed by atoms with E-state index in [1.807, 2.05) is 0 Å². The summed E-state index contributed by atoms with van der Waals surface area (Å²) < 4.78 is 12.3. The summed E-state index contributed by atoms with van der Waals surface area (Å²) in [6.07, 6.45) is 0.924. The van der Waals surface area contributed by atoms with Crippen LogP contribution in [-0.4, -0.2) is 104 Å². The number of amides is 7. The largest absolute Gasteiger partial charge is 0.507 e. The number of hydrogen-bond acceptors (Lipinski definition) is 17. The number of nitrogens with one attached hydrogen (secondary N) is 7. The molecule has 0 unspecified atom stereocenters. The van der Waals surface area contributed by atoms with E-state index in [0.717, 1.165) is 49.9 Å². The average Bonchev–Trinajstić information content (AvgIpc) is 3.65. The number of phenols is 4. The Morgan fingerprint density at radius 3 is 1.93 bits per heavy atom. The predicted octanol–water partition coefficient (Wildman–Crippen LogP) is 3.10. The number of halogens is 1. The monoisotopic (exact) mass is 1160 g/mol. The first kappa shape index (κ1) is 56.0. The van der Waals surface area contributed by atoms with Gasteiger partial charge in [-0.25, -0.2) is 0 Å². The first-order valence-electron chi connectivity index (χ1n) is 27.1. The van der Waals surface area contributed by atoms with Crippen molar-refractivity contribution in [3.63, 3.8) is 0 Å². The predicted molar refractivity (Wildman–Crippen MR) is 294 cm³/mol. The number of anilines is 1. The van der Waals surface area contributed by atoms with Gasteiger partial charge < -0.3 is 88.8 Å². The van der Waals surface area contributed by atoms with E-state index in [1.54, 1.807) is 0 Å². The molecule has 434 valence electrons. The third-order valence-electron chi connectivity index (χ3n) is 17.0. The highest BCUT2D eigenvalue weighted by molar-refractivity contribution is 6.32. The van der Waals surface area contributed by atoms with Crippen LogP contribution in [0.4, 0.5) is 5.69 Å². The highest BCUT2D eigenvalue weighted by atomic mass is 35.5. The van der Waals surface area contributed by atoms with Gasteiger partial charge in [-0.2, -0.15) is 0 Å². The molecule has 0 radical (unpaired) electrons. The van der Waals surface area contributed by atoms with E-state index >= 15 is 9.59 Å². The van der Waals surface area contributed by atoms with Crippen LogP contribution >= 0.6 is 11.6 Å². The lowest BCUT2D eigenvalue weighted by atomic mass is 9.52. The second-order valence-electron chi connectivity index (χ2n) is 22.2. The van der Waals surface area contributed by atoms with E-state index in [1.165, 1.54) is 68.1 Å². The number of aliphatic hydroxyl groups excluding tert-OH is 2. The van der Waals surface area contributed by atoms with Crippen molar-refractivity contribution in [2.45, 2.75) is 87.0 Å². The second kappa shape index (κ2) is 22.1. The van der Waals surface area contributed by atoms with E-state index in [2.05, 4.69) is 37.2 Å². The van der Waals surface area contributed by atoms with Crippen LogP contribution in [0.15, 0.2) is 78.9 Å². The number of carbonyl (C=O) groups is 7. The number of hydrogen-bond donors (Lipinski definition) is 15. The third kappa shape index (κ3) is 10.7. The van der Waals surface area contributed by atoms with Gasteiger partial charge in [0.2, 0.25) is 47.1 Å². The van der Waals surface area contributed by atoms with Crippen LogP contribution < -0.4 is 58.2 Å². The molecule has 4 saturated carbocycles. The molecule has 24 nitrogen and oxygen atoms in total. The van der Waals surface area contributed by atoms with Gasteiger partial charge in [-0.1, -0.05) is 35.9 Å². The summed E-state index contributed by atoms with van der Waals surface area (Å²) in [5.41, 5.74) is 10.4. The summed E-state index contributed by atoms with van der Waals surface area (Å²) in [6.45, 7) is 0.359. The van der Waals surface area contributed by atoms with Gasteiger partial charge in [-0.05, 0) is 144 Å². The molecule has 5 aliphatic heterocycles. The normalized spacial score (nSPS) is 28.2. The van der Waals surface area contributed by atoms with Crippen LogP contribution in [-0.2, 0) is 33.6 Å². The van der Waals surface area contributed by atoms with Crippen LogP contribution in [0.2, 0.25) is 5.02 Å². The maximum atomic E-state index is 15.5. The minimum Gasteiger partial charge on any atom is -0.507 e. The van der Waals surface area contributed by atoms with Gasteiger partial charge in [0.05, 0.1) is 11.4 Å². The number of nitrogens with two attached hydrogens (primary N) is 2. The number of benzene rings is 5. The molecular formula is C58H60ClN9O15. The molecule has 25 heteroatoms. The van der Waals surface area contributed by atoms with Crippen molar-refractivity contribution in [1.29, 1.82) is 0 Å². The molecule has 8 atom stereocenters. The van der Waals surface area contributed by atoms with Gasteiger partial charge in [-0.3, -0.25) is 33.6 Å². The molecule has 5 aromatic rings. The van der Waals surface area contributed by atoms with E-state index < -0.39 is 131 Å². The number of primary amides is 1. The molecule has 5 heterocycles. The van der Waals surface area contributed by atoms with Gasteiger partial charge in [-0.15, -0.1) is 0 Å². The minimum atomic E-state index is -2.06. The highest BCUT2D eigenvalue weighted by Gasteiger charge is 2.48. The van der Waals surface area contributed by atoms with Gasteiger partial charge in [0.1, 0.15) is 77.1 Å². The summed E-state index contributed by atoms with van der Waals surface area (Å²) in [4.78, 5) is 101.